The summed E-state index contributed by atoms with van der Waals surface area (Å²) in [5.41, 5.74) is 6.81. The topological polar surface area (TPSA) is 81.1 Å². The minimum Gasteiger partial charge on any atom is -0.444 e. The van der Waals surface area contributed by atoms with Gasteiger partial charge in [-0.15, -0.1) is 24.8 Å². The molecule has 1 unspecified atom stereocenters. The highest BCUT2D eigenvalue weighted by Crippen LogP contribution is 2.19. The van der Waals surface area contributed by atoms with Gasteiger partial charge < -0.3 is 15.5 Å². The van der Waals surface area contributed by atoms with Crippen LogP contribution in [0.5, 0.6) is 0 Å². The molecule has 2 rings (SSSR count). The van der Waals surface area contributed by atoms with Crippen molar-refractivity contribution in [1.82, 2.24) is 10.3 Å². The summed E-state index contributed by atoms with van der Waals surface area (Å²) >= 11 is 0. The Labute approximate surface area is 146 Å². The van der Waals surface area contributed by atoms with Gasteiger partial charge in [-0.3, -0.25) is 4.79 Å². The zero-order chi connectivity index (χ0) is 15.2. The molecule has 1 heterocycles. The van der Waals surface area contributed by atoms with Gasteiger partial charge in [0, 0.05) is 18.2 Å². The van der Waals surface area contributed by atoms with Gasteiger partial charge in [0.15, 0.2) is 0 Å². The minimum absolute atomic E-state index is 0. The van der Waals surface area contributed by atoms with Crippen molar-refractivity contribution >= 4 is 30.7 Å². The lowest BCUT2D eigenvalue weighted by atomic mass is 10.2. The van der Waals surface area contributed by atoms with Crippen molar-refractivity contribution in [3.8, 4) is 11.5 Å². The highest BCUT2D eigenvalue weighted by Gasteiger charge is 2.10. The number of aromatic nitrogens is 1. The molecular weight excluding hydrogens is 344 g/mol. The third-order valence-electron chi connectivity index (χ3n) is 2.91. The average molecular weight is 364 g/mol. The SMILES string of the molecule is CC(N)CCNC(=O)Cc1coc(-c2ccc(F)cc2)n1.Cl.Cl. The van der Waals surface area contributed by atoms with E-state index in [1.807, 2.05) is 6.92 Å². The van der Waals surface area contributed by atoms with Crippen molar-refractivity contribution in [3.63, 3.8) is 0 Å². The van der Waals surface area contributed by atoms with Crippen molar-refractivity contribution in [2.75, 3.05) is 6.54 Å². The largest absolute Gasteiger partial charge is 0.444 e. The summed E-state index contributed by atoms with van der Waals surface area (Å²) in [5.74, 6) is -0.0815. The number of carbonyl (C=O) groups excluding carboxylic acids is 1. The number of nitrogens with zero attached hydrogens (tertiary/aromatic N) is 1. The van der Waals surface area contributed by atoms with Crippen LogP contribution in [0.3, 0.4) is 0 Å². The number of halogens is 3. The van der Waals surface area contributed by atoms with Crippen LogP contribution in [0.4, 0.5) is 4.39 Å². The zero-order valence-corrected chi connectivity index (χ0v) is 14.3. The molecule has 128 valence electrons. The maximum absolute atomic E-state index is 12.8. The van der Waals surface area contributed by atoms with E-state index in [2.05, 4.69) is 10.3 Å². The van der Waals surface area contributed by atoms with Crippen molar-refractivity contribution in [1.29, 1.82) is 0 Å². The first-order valence-corrected chi connectivity index (χ1v) is 6.77. The number of nitrogens with two attached hydrogens (primary N) is 1. The molecule has 23 heavy (non-hydrogen) atoms. The summed E-state index contributed by atoms with van der Waals surface area (Å²) in [6.45, 7) is 2.43. The zero-order valence-electron chi connectivity index (χ0n) is 12.6. The molecule has 1 atom stereocenters. The molecule has 5 nitrogen and oxygen atoms in total. The fourth-order valence-corrected chi connectivity index (χ4v) is 1.78. The van der Waals surface area contributed by atoms with Gasteiger partial charge in [-0.1, -0.05) is 0 Å². The number of benzene rings is 1. The first-order valence-electron chi connectivity index (χ1n) is 6.77. The summed E-state index contributed by atoms with van der Waals surface area (Å²) in [5, 5.41) is 2.77. The van der Waals surface area contributed by atoms with E-state index in [0.29, 0.717) is 23.7 Å². The number of rotatable bonds is 6. The molecule has 0 aliphatic rings. The van der Waals surface area contributed by atoms with Gasteiger partial charge in [-0.2, -0.15) is 0 Å². The molecule has 3 N–H and O–H groups in total. The maximum atomic E-state index is 12.8. The fourth-order valence-electron chi connectivity index (χ4n) is 1.78. The van der Waals surface area contributed by atoms with E-state index >= 15 is 0 Å². The number of amides is 1. The van der Waals surface area contributed by atoms with E-state index < -0.39 is 0 Å². The van der Waals surface area contributed by atoms with Crippen LogP contribution in [0.2, 0.25) is 0 Å². The Morgan fingerprint density at radius 1 is 1.35 bits per heavy atom. The Bertz CT molecular complexity index is 603. The van der Waals surface area contributed by atoms with Crippen LogP contribution in [-0.4, -0.2) is 23.5 Å². The molecule has 1 aromatic heterocycles. The monoisotopic (exact) mass is 363 g/mol. The highest BCUT2D eigenvalue weighted by molar-refractivity contribution is 5.85. The number of carbonyl (C=O) groups is 1. The van der Waals surface area contributed by atoms with Crippen LogP contribution in [0.1, 0.15) is 19.0 Å². The van der Waals surface area contributed by atoms with E-state index in [9.17, 15) is 9.18 Å². The van der Waals surface area contributed by atoms with Crippen LogP contribution in [0.25, 0.3) is 11.5 Å². The van der Waals surface area contributed by atoms with Crippen molar-refractivity contribution < 1.29 is 13.6 Å². The van der Waals surface area contributed by atoms with Crippen LogP contribution in [0, 0.1) is 5.82 Å². The predicted molar refractivity (Wildman–Crippen MR) is 91.4 cm³/mol. The molecule has 2 aromatic rings. The first-order chi connectivity index (χ1) is 10.0. The Hall–Kier alpha value is -1.63. The molecule has 0 aliphatic heterocycles. The molecule has 1 aromatic carbocycles. The Kier molecular flexibility index (Phi) is 9.48. The van der Waals surface area contributed by atoms with E-state index in [1.54, 1.807) is 12.1 Å². The van der Waals surface area contributed by atoms with E-state index in [1.165, 1.54) is 18.4 Å². The summed E-state index contributed by atoms with van der Waals surface area (Å²) < 4.78 is 18.1. The quantitative estimate of drug-likeness (QED) is 0.826. The standard InChI is InChI=1S/C15H18FN3O2.2ClH/c1-10(17)6-7-18-14(20)8-13-9-21-15(19-13)11-2-4-12(16)5-3-11;;/h2-5,9-10H,6-8,17H2,1H3,(H,18,20);2*1H. The van der Waals surface area contributed by atoms with Crippen molar-refractivity contribution in [3.05, 3.63) is 42.0 Å². The molecule has 0 saturated heterocycles. The van der Waals surface area contributed by atoms with E-state index in [-0.39, 0.29) is 49.0 Å². The van der Waals surface area contributed by atoms with Crippen molar-refractivity contribution in [2.45, 2.75) is 25.8 Å². The Morgan fingerprint density at radius 3 is 2.61 bits per heavy atom. The highest BCUT2D eigenvalue weighted by atomic mass is 35.5. The number of nitrogens with one attached hydrogen (secondary N) is 1. The summed E-state index contributed by atoms with van der Waals surface area (Å²) in [4.78, 5) is 15.9. The smallest absolute Gasteiger partial charge is 0.226 e. The molecular formula is C15H20Cl2FN3O2. The third kappa shape index (κ3) is 6.99. The van der Waals surface area contributed by atoms with Gasteiger partial charge >= 0.3 is 0 Å². The first kappa shape index (κ1) is 21.4. The molecule has 0 fully saturated rings. The lowest BCUT2D eigenvalue weighted by Crippen LogP contribution is -2.30. The van der Waals surface area contributed by atoms with Crippen molar-refractivity contribution in [2.24, 2.45) is 5.73 Å². The summed E-state index contributed by atoms with van der Waals surface area (Å²) in [7, 11) is 0. The molecule has 0 radical (unpaired) electrons. The van der Waals surface area contributed by atoms with Gasteiger partial charge in [-0.25, -0.2) is 9.37 Å². The second-order valence-electron chi connectivity index (χ2n) is 4.94. The molecule has 0 bridgehead atoms. The Balaban J connectivity index is 0.00000242. The van der Waals surface area contributed by atoms with Gasteiger partial charge in [0.2, 0.25) is 11.8 Å². The Morgan fingerprint density at radius 2 is 2.00 bits per heavy atom. The number of oxazole rings is 1. The van der Waals surface area contributed by atoms with Crippen LogP contribution >= 0.6 is 24.8 Å². The van der Waals surface area contributed by atoms with Crippen LogP contribution in [0.15, 0.2) is 34.9 Å². The summed E-state index contributed by atoms with van der Waals surface area (Å²) in [6, 6.07) is 5.88. The molecule has 1 amide bonds. The molecule has 0 aliphatic carbocycles. The van der Waals surface area contributed by atoms with Gasteiger partial charge in [0.05, 0.1) is 12.1 Å². The fraction of sp³-hybridized carbons (Fsp3) is 0.333. The lowest BCUT2D eigenvalue weighted by molar-refractivity contribution is -0.120. The van der Waals surface area contributed by atoms with Gasteiger partial charge in [-0.05, 0) is 37.6 Å². The summed E-state index contributed by atoms with van der Waals surface area (Å²) in [6.07, 6.45) is 2.30. The lowest BCUT2D eigenvalue weighted by Gasteiger charge is -2.05. The molecule has 0 spiro atoms. The molecule has 8 heteroatoms. The average Bonchev–Trinajstić information content (AvgIpc) is 2.87. The van der Waals surface area contributed by atoms with Gasteiger partial charge in [0.1, 0.15) is 12.1 Å². The second-order valence-corrected chi connectivity index (χ2v) is 4.94. The van der Waals surface area contributed by atoms with Crippen LogP contribution in [-0.2, 0) is 11.2 Å². The third-order valence-corrected chi connectivity index (χ3v) is 2.91. The molecule has 0 saturated carbocycles. The predicted octanol–water partition coefficient (Wildman–Crippen LogP) is 2.72. The normalized spacial score (nSPS) is 11.1. The minimum atomic E-state index is -0.320. The van der Waals surface area contributed by atoms with Crippen LogP contribution < -0.4 is 11.1 Å². The number of hydrogen-bond acceptors (Lipinski definition) is 4. The second kappa shape index (κ2) is 10.2. The van der Waals surface area contributed by atoms with Gasteiger partial charge in [0.25, 0.3) is 0 Å². The number of hydrogen-bond donors (Lipinski definition) is 2. The maximum Gasteiger partial charge on any atom is 0.226 e. The van der Waals surface area contributed by atoms with E-state index in [0.717, 1.165) is 6.42 Å². The van der Waals surface area contributed by atoms with E-state index in [4.69, 9.17) is 10.2 Å².